The van der Waals surface area contributed by atoms with Crippen molar-refractivity contribution in [1.29, 1.82) is 0 Å². The number of phosphoric ester groups is 1. The number of H-pyrrole nitrogens is 1. The molecule has 1 heterocycles. The number of fused-ring (bicyclic) bond motifs is 1. The Bertz CT molecular complexity index is 1040. The summed E-state index contributed by atoms with van der Waals surface area (Å²) in [6.45, 7) is 15.4. The molecule has 0 fully saturated rings. The van der Waals surface area contributed by atoms with Crippen molar-refractivity contribution in [2.75, 3.05) is 20.6 Å². The minimum Gasteiger partial charge on any atom is -0.481 e. The molecule has 0 aliphatic heterocycles. The first-order valence-corrected chi connectivity index (χ1v) is 13.6. The zero-order valence-electron chi connectivity index (χ0n) is 23.7. The number of nitrogens with one attached hydrogen (secondary N) is 1. The Labute approximate surface area is 220 Å². The molecule has 37 heavy (non-hydrogen) atoms. The number of aliphatic carboxylic acids is 2. The van der Waals surface area contributed by atoms with E-state index in [0.717, 1.165) is 29.4 Å². The quantitative estimate of drug-likeness (QED) is 0.266. The van der Waals surface area contributed by atoms with Gasteiger partial charge in [-0.25, -0.2) is 4.57 Å². The molecule has 11 heteroatoms. The highest BCUT2D eigenvalue weighted by Crippen LogP contribution is 2.41. The second-order valence-corrected chi connectivity index (χ2v) is 12.2. The van der Waals surface area contributed by atoms with Crippen LogP contribution in [0.4, 0.5) is 0 Å². The highest BCUT2D eigenvalue weighted by molar-refractivity contribution is 7.46. The fraction of sp³-hybridized carbons (Fsp3) is 0.615. The molecule has 0 aliphatic carbocycles. The van der Waals surface area contributed by atoms with Crippen molar-refractivity contribution in [2.45, 2.75) is 61.8 Å². The molecule has 0 saturated carbocycles. The van der Waals surface area contributed by atoms with E-state index in [4.69, 9.17) is 24.5 Å². The Kier molecular flexibility index (Phi) is 13.1. The van der Waals surface area contributed by atoms with Crippen molar-refractivity contribution in [1.82, 2.24) is 9.88 Å². The van der Waals surface area contributed by atoms with Gasteiger partial charge < -0.3 is 24.6 Å². The molecule has 2 aromatic rings. The largest absolute Gasteiger partial charge is 0.524 e. The molecular formula is C26H45N2O8P. The highest BCUT2D eigenvalue weighted by Gasteiger charge is 2.31. The van der Waals surface area contributed by atoms with Crippen LogP contribution in [0.2, 0.25) is 0 Å². The molecule has 10 nitrogen and oxygen atoms in total. The van der Waals surface area contributed by atoms with Gasteiger partial charge in [0.25, 0.3) is 0 Å². The van der Waals surface area contributed by atoms with Gasteiger partial charge in [0, 0.05) is 23.6 Å². The molecule has 0 bridgehead atoms. The maximum Gasteiger partial charge on any atom is 0.524 e. The van der Waals surface area contributed by atoms with Gasteiger partial charge in [-0.2, -0.15) is 0 Å². The van der Waals surface area contributed by atoms with E-state index in [1.54, 1.807) is 39.8 Å². The van der Waals surface area contributed by atoms with Crippen LogP contribution in [-0.4, -0.2) is 62.5 Å². The van der Waals surface area contributed by atoms with Crippen molar-refractivity contribution < 1.29 is 38.7 Å². The number of benzene rings is 1. The van der Waals surface area contributed by atoms with Gasteiger partial charge in [0.05, 0.1) is 10.8 Å². The third kappa shape index (κ3) is 11.3. The summed E-state index contributed by atoms with van der Waals surface area (Å²) >= 11 is 0. The average molecular weight is 545 g/mol. The number of aromatic amines is 1. The molecule has 5 N–H and O–H groups in total. The first kappa shape index (κ1) is 34.6. The Morgan fingerprint density at radius 3 is 1.76 bits per heavy atom. The average Bonchev–Trinajstić information content (AvgIpc) is 3.16. The van der Waals surface area contributed by atoms with E-state index in [0.29, 0.717) is 0 Å². The van der Waals surface area contributed by atoms with Crippen molar-refractivity contribution >= 4 is 30.7 Å². The molecule has 0 unspecified atom stereocenters. The smallest absolute Gasteiger partial charge is 0.481 e. The van der Waals surface area contributed by atoms with Crippen LogP contribution in [0, 0.1) is 22.7 Å². The summed E-state index contributed by atoms with van der Waals surface area (Å²) in [5.74, 6) is -0.860. The van der Waals surface area contributed by atoms with Gasteiger partial charge in [-0.15, -0.1) is 0 Å². The normalized spacial score (nSPS) is 12.2. The standard InChI is InChI=1S/C12H17N2O4P.2C7H14O2/c1-14(2)7-6-9-8-13-10-4-3-5-11(12(9)10)18-19(15,16)17;2*1-5(2)7(3,4)6(8)9/h3-5,8,13H,6-7H2,1-2H3,(H2,15,16,17);2*5H,1-4H3,(H,8,9). The number of hydrogen-bond acceptors (Lipinski definition) is 5. The second kappa shape index (κ2) is 14.0. The molecule has 1 aromatic heterocycles. The molecule has 0 atom stereocenters. The van der Waals surface area contributed by atoms with Gasteiger partial charge >= 0.3 is 19.8 Å². The van der Waals surface area contributed by atoms with E-state index >= 15 is 0 Å². The number of likely N-dealkylation sites (N-methyl/N-ethyl adjacent to an activating group) is 1. The van der Waals surface area contributed by atoms with E-state index in [2.05, 4.69) is 4.98 Å². The lowest BCUT2D eigenvalue weighted by molar-refractivity contribution is -0.150. The zero-order valence-corrected chi connectivity index (χ0v) is 24.6. The fourth-order valence-electron chi connectivity index (χ4n) is 2.46. The van der Waals surface area contributed by atoms with Gasteiger partial charge in [0.2, 0.25) is 0 Å². The van der Waals surface area contributed by atoms with E-state index in [-0.39, 0.29) is 17.6 Å². The molecule has 0 amide bonds. The summed E-state index contributed by atoms with van der Waals surface area (Å²) in [4.78, 5) is 44.0. The maximum atomic E-state index is 11.0. The number of carboxylic acid groups (broad SMARTS) is 2. The topological polar surface area (TPSA) is 160 Å². The van der Waals surface area contributed by atoms with Gasteiger partial charge in [-0.1, -0.05) is 33.8 Å². The predicted octanol–water partition coefficient (Wildman–Crippen LogP) is 5.25. The number of hydrogen-bond donors (Lipinski definition) is 5. The molecule has 1 aromatic carbocycles. The van der Waals surface area contributed by atoms with Gasteiger partial charge in [-0.3, -0.25) is 19.4 Å². The van der Waals surface area contributed by atoms with Crippen LogP contribution < -0.4 is 4.52 Å². The third-order valence-corrected chi connectivity index (χ3v) is 7.22. The minimum absolute atomic E-state index is 0.190. The number of rotatable bonds is 9. The highest BCUT2D eigenvalue weighted by atomic mass is 31.2. The summed E-state index contributed by atoms with van der Waals surface area (Å²) in [5, 5.41) is 18.0. The monoisotopic (exact) mass is 544 g/mol. The van der Waals surface area contributed by atoms with E-state index < -0.39 is 30.6 Å². The Hall–Kier alpha value is -2.39. The fourth-order valence-corrected chi connectivity index (χ4v) is 2.87. The number of carboxylic acids is 2. The zero-order chi connectivity index (χ0) is 29.4. The van der Waals surface area contributed by atoms with Gasteiger partial charge in [0.15, 0.2) is 0 Å². The SMILES string of the molecule is CC(C)C(C)(C)C(=O)O.CC(C)C(C)(C)C(=O)O.CN(C)CCc1c[nH]c2cccc(OP(=O)(O)O)c12. The Morgan fingerprint density at radius 2 is 1.43 bits per heavy atom. The van der Waals surface area contributed by atoms with E-state index in [1.165, 1.54) is 0 Å². The summed E-state index contributed by atoms with van der Waals surface area (Å²) in [7, 11) is -0.602. The predicted molar refractivity (Wildman–Crippen MR) is 146 cm³/mol. The molecule has 0 saturated heterocycles. The number of aromatic nitrogens is 1. The van der Waals surface area contributed by atoms with Crippen molar-refractivity contribution in [3.05, 3.63) is 30.0 Å². The summed E-state index contributed by atoms with van der Waals surface area (Å²) in [6, 6.07) is 5.11. The molecule has 0 aliphatic rings. The van der Waals surface area contributed by atoms with Crippen LogP contribution in [0.25, 0.3) is 10.9 Å². The lowest BCUT2D eigenvalue weighted by Gasteiger charge is -2.22. The van der Waals surface area contributed by atoms with Crippen molar-refractivity contribution in [2.24, 2.45) is 22.7 Å². The van der Waals surface area contributed by atoms with E-state index in [9.17, 15) is 14.2 Å². The molecule has 0 spiro atoms. The van der Waals surface area contributed by atoms with Crippen LogP contribution >= 0.6 is 7.82 Å². The molecule has 212 valence electrons. The summed E-state index contributed by atoms with van der Waals surface area (Å²) < 4.78 is 15.8. The first-order chi connectivity index (χ1) is 16.6. The lowest BCUT2D eigenvalue weighted by Crippen LogP contribution is -2.29. The van der Waals surface area contributed by atoms with Crippen LogP contribution in [0.15, 0.2) is 24.4 Å². The third-order valence-electron chi connectivity index (χ3n) is 6.78. The second-order valence-electron chi connectivity index (χ2n) is 11.0. The Balaban J connectivity index is 0.000000606. The first-order valence-electron chi connectivity index (χ1n) is 12.1. The summed E-state index contributed by atoms with van der Waals surface area (Å²) in [6.07, 6.45) is 2.62. The number of nitrogens with zero attached hydrogens (tertiary/aromatic N) is 1. The van der Waals surface area contributed by atoms with Crippen LogP contribution in [-0.2, 0) is 20.6 Å². The summed E-state index contributed by atoms with van der Waals surface area (Å²) in [5.41, 5.74) is 0.618. The van der Waals surface area contributed by atoms with Crippen molar-refractivity contribution in [3.63, 3.8) is 0 Å². The van der Waals surface area contributed by atoms with Crippen molar-refractivity contribution in [3.8, 4) is 5.75 Å². The minimum atomic E-state index is -4.55. The van der Waals surface area contributed by atoms with Gasteiger partial charge in [-0.05, 0) is 77.7 Å². The van der Waals surface area contributed by atoms with Crippen LogP contribution in [0.3, 0.4) is 0 Å². The lowest BCUT2D eigenvalue weighted by atomic mass is 9.81. The van der Waals surface area contributed by atoms with Crippen LogP contribution in [0.5, 0.6) is 5.75 Å². The number of phosphoric acid groups is 1. The number of carbonyl (C=O) groups is 2. The van der Waals surface area contributed by atoms with E-state index in [1.807, 2.05) is 59.0 Å². The molecule has 0 radical (unpaired) electrons. The van der Waals surface area contributed by atoms with Crippen LogP contribution in [0.1, 0.15) is 61.0 Å². The maximum absolute atomic E-state index is 11.0. The molecular weight excluding hydrogens is 499 g/mol. The Morgan fingerprint density at radius 1 is 0.973 bits per heavy atom. The molecule has 2 rings (SSSR count). The van der Waals surface area contributed by atoms with Gasteiger partial charge in [0.1, 0.15) is 5.75 Å².